The molecule has 1 heterocycles. The van der Waals surface area contributed by atoms with Crippen molar-refractivity contribution in [3.63, 3.8) is 0 Å². The number of halogens is 8. The number of alkyl halides is 6. The van der Waals surface area contributed by atoms with Gasteiger partial charge >= 0.3 is 12.4 Å². The molecule has 26 heavy (non-hydrogen) atoms. The van der Waals surface area contributed by atoms with Gasteiger partial charge in [0.05, 0.1) is 0 Å². The van der Waals surface area contributed by atoms with Crippen LogP contribution in [0.4, 0.5) is 26.3 Å². The molecule has 1 nitrogen and oxygen atoms in total. The Morgan fingerprint density at radius 3 is 1.38 bits per heavy atom. The third kappa shape index (κ3) is 2.71. The maximum Gasteiger partial charge on any atom is 0.411 e. The second kappa shape index (κ2) is 6.14. The molecule has 0 bridgehead atoms. The molecule has 0 radical (unpaired) electrons. The van der Waals surface area contributed by atoms with Crippen LogP contribution in [-0.2, 0) is 5.41 Å². The summed E-state index contributed by atoms with van der Waals surface area (Å²) in [5.74, 6) is -0.858. The fourth-order valence-corrected chi connectivity index (χ4v) is 3.99. The Kier molecular flexibility index (Phi) is 4.73. The second-order valence-corrected chi connectivity index (χ2v) is 8.37. The molecule has 140 valence electrons. The van der Waals surface area contributed by atoms with Gasteiger partial charge in [-0.05, 0) is 94.4 Å². The van der Waals surface area contributed by atoms with Crippen molar-refractivity contribution in [2.24, 2.45) is 0 Å². The van der Waals surface area contributed by atoms with Gasteiger partial charge in [0.15, 0.2) is 0 Å². The van der Waals surface area contributed by atoms with Gasteiger partial charge in [0, 0.05) is 18.3 Å². The minimum atomic E-state index is -5.60. The van der Waals surface area contributed by atoms with E-state index in [0.29, 0.717) is 18.3 Å². The number of ether oxygens (including phenoxy) is 1. The Labute approximate surface area is 172 Å². The van der Waals surface area contributed by atoms with Crippen LogP contribution in [0.2, 0.25) is 0 Å². The SMILES string of the molecule is Cc1cc2c(cc1I)Oc1cc(I)c(C)cc1C2(C(F)(F)F)C(F)(F)F. The molecule has 0 spiro atoms. The summed E-state index contributed by atoms with van der Waals surface area (Å²) >= 11 is 3.70. The second-order valence-electron chi connectivity index (χ2n) is 6.04. The molecule has 0 amide bonds. The van der Waals surface area contributed by atoms with Crippen molar-refractivity contribution < 1.29 is 31.1 Å². The van der Waals surface area contributed by atoms with Crippen molar-refractivity contribution in [3.8, 4) is 11.5 Å². The number of hydrogen-bond donors (Lipinski definition) is 0. The predicted molar refractivity (Wildman–Crippen MR) is 101 cm³/mol. The quantitative estimate of drug-likeness (QED) is 0.234. The summed E-state index contributed by atoms with van der Waals surface area (Å²) in [6.45, 7) is 2.93. The van der Waals surface area contributed by atoms with Gasteiger partial charge in [-0.3, -0.25) is 0 Å². The summed E-state index contributed by atoms with van der Waals surface area (Å²) in [5.41, 5.74) is -5.37. The Morgan fingerprint density at radius 2 is 1.08 bits per heavy atom. The smallest absolute Gasteiger partial charge is 0.411 e. The first-order valence-corrected chi connectivity index (χ1v) is 9.39. The van der Waals surface area contributed by atoms with E-state index in [1.54, 1.807) is 0 Å². The van der Waals surface area contributed by atoms with Crippen molar-refractivity contribution in [2.75, 3.05) is 0 Å². The number of benzene rings is 2. The van der Waals surface area contributed by atoms with Gasteiger partial charge in [0.1, 0.15) is 11.5 Å². The van der Waals surface area contributed by atoms with E-state index in [1.807, 2.05) is 45.2 Å². The number of aryl methyl sites for hydroxylation is 2. The van der Waals surface area contributed by atoms with E-state index in [0.717, 1.165) is 12.1 Å². The Bertz CT molecular complexity index is 828. The van der Waals surface area contributed by atoms with Crippen LogP contribution in [0.1, 0.15) is 22.3 Å². The van der Waals surface area contributed by atoms with Crippen LogP contribution >= 0.6 is 45.2 Å². The van der Waals surface area contributed by atoms with Gasteiger partial charge in [-0.1, -0.05) is 0 Å². The average Bonchev–Trinajstić information content (AvgIpc) is 2.46. The summed E-state index contributed by atoms with van der Waals surface area (Å²) in [5, 5.41) is 0. The van der Waals surface area contributed by atoms with Gasteiger partial charge in [-0.15, -0.1) is 0 Å². The zero-order valence-electron chi connectivity index (χ0n) is 13.2. The third-order valence-electron chi connectivity index (χ3n) is 4.40. The highest BCUT2D eigenvalue weighted by atomic mass is 127. The monoisotopic (exact) mass is 598 g/mol. The Morgan fingerprint density at radius 1 is 0.731 bits per heavy atom. The van der Waals surface area contributed by atoms with Gasteiger partial charge < -0.3 is 4.74 Å². The van der Waals surface area contributed by atoms with Crippen LogP contribution in [0.15, 0.2) is 24.3 Å². The van der Waals surface area contributed by atoms with Crippen LogP contribution in [0.5, 0.6) is 11.5 Å². The molecular weight excluding hydrogens is 588 g/mol. The van der Waals surface area contributed by atoms with E-state index in [-0.39, 0.29) is 0 Å². The van der Waals surface area contributed by atoms with Crippen LogP contribution in [0, 0.1) is 21.0 Å². The highest BCUT2D eigenvalue weighted by Crippen LogP contribution is 2.63. The highest BCUT2D eigenvalue weighted by molar-refractivity contribution is 14.1. The molecule has 2 aromatic rings. The summed E-state index contributed by atoms with van der Waals surface area (Å²) in [6, 6.07) is 4.28. The molecular formula is C17H10F6I2O. The molecule has 0 saturated carbocycles. The van der Waals surface area contributed by atoms with Crippen molar-refractivity contribution >= 4 is 45.2 Å². The highest BCUT2D eigenvalue weighted by Gasteiger charge is 2.75. The lowest BCUT2D eigenvalue weighted by Crippen LogP contribution is -2.56. The van der Waals surface area contributed by atoms with Crippen molar-refractivity contribution in [1.29, 1.82) is 0 Å². The summed E-state index contributed by atoms with van der Waals surface area (Å²) in [6.07, 6.45) is -11.2. The fraction of sp³-hybridized carbons (Fsp3) is 0.294. The minimum Gasteiger partial charge on any atom is -0.457 e. The zero-order valence-corrected chi connectivity index (χ0v) is 17.6. The standard InChI is InChI=1S/C17H10F6I2O/c1-7-3-9-13(5-11(7)24)26-14-6-12(25)8(2)4-10(14)15(9,16(18,19)20)17(21,22)23/h3-6H,1-2H3. The molecule has 9 heteroatoms. The van der Waals surface area contributed by atoms with E-state index in [2.05, 4.69) is 0 Å². The van der Waals surface area contributed by atoms with E-state index in [1.165, 1.54) is 26.0 Å². The van der Waals surface area contributed by atoms with E-state index in [4.69, 9.17) is 4.74 Å². The molecule has 1 aliphatic heterocycles. The molecule has 0 aliphatic carbocycles. The Balaban J connectivity index is 2.54. The number of fused-ring (bicyclic) bond motifs is 2. The van der Waals surface area contributed by atoms with Gasteiger partial charge in [-0.2, -0.15) is 26.3 Å². The zero-order chi connectivity index (χ0) is 19.7. The summed E-state index contributed by atoms with van der Waals surface area (Å²) in [4.78, 5) is 0. The van der Waals surface area contributed by atoms with Gasteiger partial charge in [0.25, 0.3) is 0 Å². The van der Waals surface area contributed by atoms with Gasteiger partial charge in [-0.25, -0.2) is 0 Å². The number of rotatable bonds is 0. The lowest BCUT2D eigenvalue weighted by atomic mass is 9.70. The first-order valence-electron chi connectivity index (χ1n) is 7.23. The van der Waals surface area contributed by atoms with Crippen molar-refractivity contribution in [2.45, 2.75) is 31.6 Å². The number of hydrogen-bond acceptors (Lipinski definition) is 1. The molecule has 1 aliphatic rings. The first kappa shape index (κ1) is 20.0. The van der Waals surface area contributed by atoms with E-state index in [9.17, 15) is 26.3 Å². The maximum absolute atomic E-state index is 14.1. The lowest BCUT2D eigenvalue weighted by molar-refractivity contribution is -0.290. The topological polar surface area (TPSA) is 9.23 Å². The molecule has 0 N–H and O–H groups in total. The maximum atomic E-state index is 14.1. The summed E-state index contributed by atoms with van der Waals surface area (Å²) < 4.78 is 91.3. The van der Waals surface area contributed by atoms with Crippen LogP contribution < -0.4 is 4.74 Å². The largest absolute Gasteiger partial charge is 0.457 e. The van der Waals surface area contributed by atoms with Crippen LogP contribution in [-0.4, -0.2) is 12.4 Å². The van der Waals surface area contributed by atoms with Crippen LogP contribution in [0.25, 0.3) is 0 Å². The first-order chi connectivity index (χ1) is 11.8. The molecule has 0 unspecified atom stereocenters. The normalized spacial score (nSPS) is 15.9. The minimum absolute atomic E-state index is 0.316. The fourth-order valence-electron chi connectivity index (χ4n) is 3.12. The molecule has 2 aromatic carbocycles. The lowest BCUT2D eigenvalue weighted by Gasteiger charge is -2.42. The van der Waals surface area contributed by atoms with E-state index >= 15 is 0 Å². The predicted octanol–water partition coefficient (Wildman–Crippen LogP) is 7.03. The Hall–Kier alpha value is -0.720. The third-order valence-corrected chi connectivity index (χ3v) is 6.72. The average molecular weight is 598 g/mol. The van der Waals surface area contributed by atoms with Gasteiger partial charge in [0.2, 0.25) is 5.41 Å². The van der Waals surface area contributed by atoms with Crippen molar-refractivity contribution in [3.05, 3.63) is 53.7 Å². The molecule has 3 rings (SSSR count). The summed E-state index contributed by atoms with van der Waals surface area (Å²) in [7, 11) is 0. The van der Waals surface area contributed by atoms with E-state index < -0.39 is 40.4 Å². The molecule has 0 aromatic heterocycles. The molecule has 0 saturated heterocycles. The van der Waals surface area contributed by atoms with Crippen LogP contribution in [0.3, 0.4) is 0 Å². The molecule has 0 atom stereocenters. The molecule has 0 fully saturated rings. The van der Waals surface area contributed by atoms with Crippen molar-refractivity contribution in [1.82, 2.24) is 0 Å².